The molecule has 0 unspecified atom stereocenters. The van der Waals surface area contributed by atoms with Gasteiger partial charge in [-0.15, -0.1) is 40.8 Å². The largest absolute Gasteiger partial charge is 0.516 e. The number of nitrogens with one attached hydrogen (secondary N) is 6. The first-order valence-electron chi connectivity index (χ1n) is 46.2. The summed E-state index contributed by atoms with van der Waals surface area (Å²) in [6.45, 7) is 32.3. The zero-order chi connectivity index (χ0) is 101. The quantitative estimate of drug-likeness (QED) is 0.0275. The Kier molecular flexibility index (Phi) is 37.4. The van der Waals surface area contributed by atoms with Crippen molar-refractivity contribution in [3.8, 4) is 52.4 Å². The van der Waals surface area contributed by atoms with E-state index in [4.69, 9.17) is 79.8 Å². The van der Waals surface area contributed by atoms with Crippen molar-refractivity contribution in [1.82, 2.24) is 125 Å². The Morgan fingerprint density at radius 3 is 1.08 bits per heavy atom. The molecule has 16 rings (SSSR count). The predicted octanol–water partition coefficient (Wildman–Crippen LogP) is 14.7. The summed E-state index contributed by atoms with van der Waals surface area (Å²) in [5.41, 5.74) is 12.2. The van der Waals surface area contributed by atoms with Crippen LogP contribution < -0.4 is 43.2 Å². The van der Waals surface area contributed by atoms with Crippen molar-refractivity contribution in [1.29, 1.82) is 15.8 Å². The van der Waals surface area contributed by atoms with Crippen molar-refractivity contribution in [2.45, 2.75) is 189 Å². The summed E-state index contributed by atoms with van der Waals surface area (Å²) >= 11 is 17.8. The minimum Gasteiger partial charge on any atom is -0.444 e. The van der Waals surface area contributed by atoms with Crippen LogP contribution in [0.2, 0.25) is 15.5 Å². The van der Waals surface area contributed by atoms with E-state index in [2.05, 4.69) is 123 Å². The lowest BCUT2D eigenvalue weighted by Crippen LogP contribution is -2.42. The highest BCUT2D eigenvalue weighted by Gasteiger charge is 2.53. The second-order valence-electron chi connectivity index (χ2n) is 38.2. The van der Waals surface area contributed by atoms with Crippen LogP contribution >= 0.6 is 34.8 Å². The molecule has 43 nitrogen and oxygen atoms in total. The summed E-state index contributed by atoms with van der Waals surface area (Å²) in [7, 11) is 7.12. The maximum Gasteiger partial charge on any atom is 0.516 e. The van der Waals surface area contributed by atoms with Crippen LogP contribution in [-0.2, 0) is 51.7 Å². The fraction of sp³-hybridized carbons (Fsp3) is 0.505. The second-order valence-corrected chi connectivity index (χ2v) is 39.3. The molecule has 15 heterocycles. The third-order valence-electron chi connectivity index (χ3n) is 22.8. The predicted molar refractivity (Wildman–Crippen MR) is 532 cm³/mol. The molecule has 8 N–H and O–H groups in total. The number of rotatable bonds is 20. The van der Waals surface area contributed by atoms with E-state index >= 15 is 0 Å². The number of nitriles is 3. The average Bonchev–Trinajstić information content (AvgIpc) is 1.62. The number of amides is 3. The van der Waals surface area contributed by atoms with Crippen LogP contribution in [0, 0.1) is 57.7 Å². The number of aryl methyl sites for hydroxylation is 4. The van der Waals surface area contributed by atoms with E-state index in [1.54, 1.807) is 45.6 Å². The number of nitrogen functional groups attached to an aromatic ring is 1. The number of carbonyl (C=O) groups excluding carboxylic acids is 3. The molecule has 140 heavy (non-hydrogen) atoms. The van der Waals surface area contributed by atoms with Crippen LogP contribution in [0.5, 0.6) is 0 Å². The molecule has 4 saturated heterocycles. The van der Waals surface area contributed by atoms with Gasteiger partial charge in [0.05, 0.1) is 76.7 Å². The summed E-state index contributed by atoms with van der Waals surface area (Å²) in [6.07, 6.45) is 27.1. The molecule has 0 atom stereocenters. The fourth-order valence-electron chi connectivity index (χ4n) is 14.8. The first kappa shape index (κ1) is 107. The Morgan fingerprint density at radius 1 is 0.421 bits per heavy atom. The molecule has 0 spiro atoms. The fourth-order valence-corrected chi connectivity index (χ4v) is 15.2. The van der Waals surface area contributed by atoms with Crippen molar-refractivity contribution in [2.75, 3.05) is 103 Å². The van der Waals surface area contributed by atoms with Crippen molar-refractivity contribution >= 4 is 118 Å². The first-order valence-corrected chi connectivity index (χ1v) is 47.3. The first-order chi connectivity index (χ1) is 66.5. The van der Waals surface area contributed by atoms with Crippen LogP contribution in [0.4, 0.5) is 66.2 Å². The lowest BCUT2D eigenvalue weighted by molar-refractivity contribution is 0.00578. The summed E-state index contributed by atoms with van der Waals surface area (Å²) in [4.78, 5) is 65.6. The molecule has 11 aromatic heterocycles. The normalized spacial score (nSPS) is 15.5. The van der Waals surface area contributed by atoms with Gasteiger partial charge in [0, 0.05) is 143 Å². The van der Waals surface area contributed by atoms with Gasteiger partial charge < -0.3 is 75.9 Å². The van der Waals surface area contributed by atoms with E-state index in [1.807, 2.05) is 198 Å². The molecular weight excluding hydrogens is 1850 g/mol. The van der Waals surface area contributed by atoms with E-state index in [0.717, 1.165) is 97.9 Å². The minimum absolute atomic E-state index is 0.234. The molecule has 742 valence electrons. The van der Waals surface area contributed by atoms with Crippen LogP contribution in [0.3, 0.4) is 0 Å². The van der Waals surface area contributed by atoms with E-state index in [0.29, 0.717) is 137 Å². The number of ether oxygens (including phenoxy) is 3. The van der Waals surface area contributed by atoms with Gasteiger partial charge in [-0.25, -0.2) is 44.3 Å². The van der Waals surface area contributed by atoms with Crippen molar-refractivity contribution in [3.63, 3.8) is 0 Å². The number of hydrogen-bond acceptors (Lipinski definition) is 36. The summed E-state index contributed by atoms with van der Waals surface area (Å²) in [6, 6.07) is 20.5. The minimum atomic E-state index is -0.499. The summed E-state index contributed by atoms with van der Waals surface area (Å²) in [5.74, 6) is 4.28. The van der Waals surface area contributed by atoms with Crippen LogP contribution in [-0.4, -0.2) is 243 Å². The van der Waals surface area contributed by atoms with Crippen molar-refractivity contribution in [2.24, 2.45) is 51.9 Å². The van der Waals surface area contributed by atoms with E-state index in [1.165, 1.54) is 69.3 Å². The summed E-state index contributed by atoms with van der Waals surface area (Å²) < 4.78 is 35.0. The maximum absolute atomic E-state index is 12.4. The third kappa shape index (κ3) is 33.2. The highest BCUT2D eigenvalue weighted by Crippen LogP contribution is 2.38. The molecule has 0 radical (unpaired) electrons. The number of nitrogens with zero attached hydrogens (tertiary/aromatic N) is 28. The molecule has 3 amide bonds. The molecular formula is C93H123BCl3N35O8. The Morgan fingerprint density at radius 2 is 0.750 bits per heavy atom. The molecule has 1 aliphatic carbocycles. The third-order valence-corrected chi connectivity index (χ3v) is 23.5. The smallest absolute Gasteiger partial charge is 0.444 e. The maximum atomic E-state index is 12.4. The highest BCUT2D eigenvalue weighted by molar-refractivity contribution is 6.61. The molecule has 5 fully saturated rings. The molecule has 0 bridgehead atoms. The topological polar surface area (TPSA) is 528 Å². The number of hydrogen-bond donors (Lipinski definition) is 7. The van der Waals surface area contributed by atoms with Gasteiger partial charge in [-0.2, -0.15) is 36.2 Å². The lowest BCUT2D eigenvalue weighted by atomic mass is 9.85. The molecule has 4 aliphatic heterocycles. The van der Waals surface area contributed by atoms with Gasteiger partial charge >= 0.3 is 25.4 Å². The Balaban J connectivity index is 0.000000167. The van der Waals surface area contributed by atoms with Gasteiger partial charge in [0.15, 0.2) is 44.2 Å². The second kappa shape index (κ2) is 49.1. The number of aromatic nitrogens is 22. The lowest BCUT2D eigenvalue weighted by Gasteiger charge is -2.33. The SMILES string of the molecule is CC(C)(C)OC(=O)N1CCC(CNc2cc(Cl)nnc2Cl)CC1.Cn1ccc(-c2nnc(Cl)cc2NCC2CCN(C(=O)OC(C)(C)C)CC2)n1.Cn1ccc(-c2nnc(Nc3cnc(C#N)cn3)cc2NCC2CCCCC2)n1.Cn1ccc(-c2nnc(Nc3cnc(C#N)cn3)cc2NCC2CCN(C(=O)OC(C)(C)C)CC2)n1.Cn1ccc(B2OC(C)(C)C(C)(C)O2)n1.N#Cc1cnc(N)cn1. The number of piperidine rings is 3. The van der Waals surface area contributed by atoms with E-state index < -0.39 is 16.8 Å². The van der Waals surface area contributed by atoms with E-state index in [-0.39, 0.29) is 53.7 Å². The highest BCUT2D eigenvalue weighted by atomic mass is 35.5. The molecule has 1 saturated carbocycles. The molecule has 0 aromatic carbocycles. The average molecular weight is 1980 g/mol. The van der Waals surface area contributed by atoms with Gasteiger partial charge in [0.2, 0.25) is 0 Å². The van der Waals surface area contributed by atoms with Gasteiger partial charge in [0.1, 0.15) is 86.6 Å². The zero-order valence-corrected chi connectivity index (χ0v) is 84.4. The summed E-state index contributed by atoms with van der Waals surface area (Å²) in [5, 5.41) is 97.5. The number of anilines is 9. The number of halogens is 3. The number of carbonyl (C=O) groups is 3. The Labute approximate surface area is 830 Å². The van der Waals surface area contributed by atoms with Gasteiger partial charge in [-0.3, -0.25) is 18.7 Å². The van der Waals surface area contributed by atoms with Crippen LogP contribution in [0.15, 0.2) is 110 Å². The molecule has 5 aliphatic rings. The molecule has 47 heteroatoms. The van der Waals surface area contributed by atoms with Crippen molar-refractivity contribution < 1.29 is 37.9 Å². The molecule has 11 aromatic rings. The monoisotopic (exact) mass is 1970 g/mol. The number of likely N-dealkylation sites (tertiary alicyclic amines) is 3. The Hall–Kier alpha value is -13.9. The van der Waals surface area contributed by atoms with Gasteiger partial charge in [-0.1, -0.05) is 54.1 Å². The van der Waals surface area contributed by atoms with Crippen LogP contribution in [0.25, 0.3) is 34.2 Å². The van der Waals surface area contributed by atoms with Crippen molar-refractivity contribution in [3.05, 3.63) is 143 Å². The Bertz CT molecular complexity index is 6000. The van der Waals surface area contributed by atoms with Gasteiger partial charge in [-0.05, 0) is 189 Å². The standard InChI is InChI=1S/C24H30N10O2.C20H23N9.C19H27ClN6O2.C15H22Cl2N4O2.C10H17BN2O2.C5H4N4/c1-24(2,3)36-23(35)34-9-5-16(6-10-34)13-27-19-11-20(29-21-15-26-17(12-25)14-28-21)30-31-22(19)18-7-8-33(4)32-18;1-29-8-7-16(28-29)20-17(23-11-14-5-3-2-4-6-14)9-18(26-27-20)25-19-13-22-15(10-21)12-24-19;1-19(2,3)28-18(27)26-9-5-13(6-10-26)12-21-15-11-16(20)22-23-17(15)14-7-8-25(4)24-14;1-15(2,3)23-14(22)21-6-4-10(5-7-21)9-18-11-8-12(16)19-20-13(11)17;1-9(2)10(3,4)15-11(14-9)8-6-7-13(5)12-8;6-1-4-2-9-5(7)3-8-4/h7-8,11,14-16H,5-6,9-10,13H2,1-4H3,(H2,27,28,29,30);7-9,12-14H,2-6,11H2,1H3,(H2,23,24,25,26);7-8,11,13H,5-6,9-10,12H2,1-4H3,(H,21,22);8,10H,4-7,9H2,1-3H3,(H,18,19);6-7H,1-5H3;2-3H,(H2,7,9). The van der Waals surface area contributed by atoms with E-state index in [9.17, 15) is 14.4 Å². The zero-order valence-electron chi connectivity index (χ0n) is 82.1. The van der Waals surface area contributed by atoms with Crippen LogP contribution in [0.1, 0.15) is 178 Å². The van der Waals surface area contributed by atoms with Gasteiger partial charge in [0.25, 0.3) is 0 Å². The number of nitrogens with two attached hydrogens (primary N) is 1.